The van der Waals surface area contributed by atoms with E-state index in [1.165, 1.54) is 44.5 Å². The normalized spacial score (nSPS) is 15.8. The highest BCUT2D eigenvalue weighted by atomic mass is 15.4. The van der Waals surface area contributed by atoms with Gasteiger partial charge < -0.3 is 20.5 Å². The van der Waals surface area contributed by atoms with Gasteiger partial charge in [0.15, 0.2) is 0 Å². The van der Waals surface area contributed by atoms with Crippen molar-refractivity contribution in [1.82, 2.24) is 29.5 Å². The molecule has 0 saturated heterocycles. The third-order valence-corrected chi connectivity index (χ3v) is 10.8. The number of fused-ring (bicyclic) bond motifs is 6. The van der Waals surface area contributed by atoms with Gasteiger partial charge in [0.1, 0.15) is 24.9 Å². The van der Waals surface area contributed by atoms with Gasteiger partial charge in [-0.2, -0.15) is 5.10 Å². The van der Waals surface area contributed by atoms with Gasteiger partial charge in [0.2, 0.25) is 6.33 Å². The summed E-state index contributed by atoms with van der Waals surface area (Å²) in [6.45, 7) is 3.14. The second-order valence-electron chi connectivity index (χ2n) is 14.2. The largest absolute Gasteiger partial charge is 0.385 e. The molecule has 10 rings (SSSR count). The first-order valence-corrected chi connectivity index (χ1v) is 19.0. The van der Waals surface area contributed by atoms with E-state index in [0.717, 1.165) is 55.0 Å². The molecule has 2 atom stereocenters. The van der Waals surface area contributed by atoms with Crippen LogP contribution in [0.1, 0.15) is 17.9 Å². The van der Waals surface area contributed by atoms with Crippen molar-refractivity contribution in [1.29, 1.82) is 0 Å². The smallest absolute Gasteiger partial charge is 0.270 e. The number of allylic oxidation sites excluding steroid dienone is 1. The molecule has 1 aliphatic heterocycles. The van der Waals surface area contributed by atoms with Gasteiger partial charge in [-0.05, 0) is 66.1 Å². The van der Waals surface area contributed by atoms with Gasteiger partial charge in [-0.25, -0.2) is 9.55 Å². The number of hydrogen-bond acceptors (Lipinski definition) is 6. The maximum Gasteiger partial charge on any atom is 0.270 e. The summed E-state index contributed by atoms with van der Waals surface area (Å²) in [4.78, 5) is 10.2. The van der Waals surface area contributed by atoms with E-state index in [1.54, 1.807) is 12.7 Å². The number of nitrogens with one attached hydrogen (secondary N) is 3. The molecule has 0 saturated carbocycles. The SMILES string of the molecule is C1=CC2Nc3ccccc3C2C=C1N(CCn1c[n+](-c2ccc3c(c2)[nH]c2c(-c4ccccc4)cc(NCCCn4cncn4)cc23)cn1)c1ccccc1. The number of aromatic nitrogens is 7. The lowest BCUT2D eigenvalue weighted by Gasteiger charge is -2.29. The Morgan fingerprint density at radius 1 is 0.818 bits per heavy atom. The lowest BCUT2D eigenvalue weighted by molar-refractivity contribution is -0.596. The van der Waals surface area contributed by atoms with E-state index < -0.39 is 0 Å². The Morgan fingerprint density at radius 2 is 1.67 bits per heavy atom. The zero-order valence-corrected chi connectivity index (χ0v) is 30.3. The van der Waals surface area contributed by atoms with Gasteiger partial charge in [-0.3, -0.25) is 4.68 Å². The van der Waals surface area contributed by atoms with E-state index in [-0.39, 0.29) is 6.04 Å². The van der Waals surface area contributed by atoms with Gasteiger partial charge in [-0.15, -0.1) is 4.68 Å². The topological polar surface area (TPSA) is 95.5 Å². The van der Waals surface area contributed by atoms with Crippen molar-refractivity contribution in [3.05, 3.63) is 170 Å². The number of aryl methyl sites for hydroxylation is 1. The molecule has 0 spiro atoms. The van der Waals surface area contributed by atoms with Gasteiger partial charge in [0.25, 0.3) is 6.33 Å². The number of benzene rings is 5. The van der Waals surface area contributed by atoms with Gasteiger partial charge in [0.05, 0.1) is 18.1 Å². The summed E-state index contributed by atoms with van der Waals surface area (Å²) in [6.07, 6.45) is 15.2. The second kappa shape index (κ2) is 14.1. The van der Waals surface area contributed by atoms with Crippen molar-refractivity contribution in [2.24, 2.45) is 0 Å². The lowest BCUT2D eigenvalue weighted by Crippen LogP contribution is -2.30. The van der Waals surface area contributed by atoms with Gasteiger partial charge in [0, 0.05) is 74.8 Å². The summed E-state index contributed by atoms with van der Waals surface area (Å²) in [5.41, 5.74) is 11.7. The van der Waals surface area contributed by atoms with E-state index in [1.807, 2.05) is 15.7 Å². The fourth-order valence-electron chi connectivity index (χ4n) is 8.08. The molecule has 3 aromatic heterocycles. The predicted molar refractivity (Wildman–Crippen MR) is 219 cm³/mol. The standard InChI is InChI=1S/C45H41N10/c1-3-10-32(11-4-1)39-24-33(47-20-9-21-53-29-46-28-48-53)25-41-38-18-16-35(27-44(38)51-45(39)41)52-30-49-54(31-52)22-23-55(34-12-5-2-6-13-34)36-17-19-43-40(26-36)37-14-7-8-15-42(37)50-43/h1-8,10-19,24-31,40,43,47,50-51H,9,20-23H2/q+1. The van der Waals surface area contributed by atoms with Crippen LogP contribution in [0.15, 0.2) is 164 Å². The van der Waals surface area contributed by atoms with Crippen molar-refractivity contribution >= 4 is 38.9 Å². The Balaban J connectivity index is 0.908. The minimum Gasteiger partial charge on any atom is -0.385 e. The molecule has 0 radical (unpaired) electrons. The highest BCUT2D eigenvalue weighted by Crippen LogP contribution is 2.41. The van der Waals surface area contributed by atoms with E-state index in [0.29, 0.717) is 5.92 Å². The molecule has 0 amide bonds. The maximum atomic E-state index is 4.80. The Labute approximate surface area is 319 Å². The molecule has 1 aliphatic carbocycles. The number of rotatable bonds is 12. The van der Waals surface area contributed by atoms with Crippen LogP contribution in [-0.4, -0.2) is 48.7 Å². The van der Waals surface area contributed by atoms with Crippen molar-refractivity contribution < 1.29 is 4.57 Å². The van der Waals surface area contributed by atoms with Gasteiger partial charge in [-0.1, -0.05) is 78.9 Å². The average Bonchev–Trinajstić information content (AvgIpc) is 4.06. The first-order chi connectivity index (χ1) is 27.2. The van der Waals surface area contributed by atoms with Crippen LogP contribution >= 0.6 is 0 Å². The zero-order chi connectivity index (χ0) is 36.6. The third kappa shape index (κ3) is 6.41. The first-order valence-electron chi connectivity index (χ1n) is 19.0. The minimum atomic E-state index is 0.281. The number of nitrogens with zero attached hydrogens (tertiary/aromatic N) is 7. The molecule has 270 valence electrons. The van der Waals surface area contributed by atoms with Crippen molar-refractivity contribution in [3.63, 3.8) is 0 Å². The number of anilines is 3. The monoisotopic (exact) mass is 721 g/mol. The Hall–Kier alpha value is -6.94. The van der Waals surface area contributed by atoms with Crippen molar-refractivity contribution in [2.45, 2.75) is 31.5 Å². The molecular weight excluding hydrogens is 681 g/mol. The number of H-pyrrole nitrogens is 1. The molecule has 10 heteroatoms. The molecule has 10 nitrogen and oxygen atoms in total. The zero-order valence-electron chi connectivity index (χ0n) is 30.3. The Bertz CT molecular complexity index is 2660. The van der Waals surface area contributed by atoms with Crippen LogP contribution in [0, 0.1) is 0 Å². The van der Waals surface area contributed by atoms with Crippen molar-refractivity contribution in [3.8, 4) is 16.8 Å². The molecule has 3 N–H and O–H groups in total. The average molecular weight is 722 g/mol. The fraction of sp³-hybridized carbons (Fsp3) is 0.156. The van der Waals surface area contributed by atoms with Crippen molar-refractivity contribution in [2.75, 3.05) is 28.6 Å². The van der Waals surface area contributed by atoms with Crippen LogP contribution in [0.25, 0.3) is 38.6 Å². The van der Waals surface area contributed by atoms with Crippen LogP contribution < -0.4 is 20.1 Å². The number of para-hydroxylation sites is 2. The minimum absolute atomic E-state index is 0.281. The third-order valence-electron chi connectivity index (χ3n) is 10.8. The number of hydrogen-bond donors (Lipinski definition) is 3. The summed E-state index contributed by atoms with van der Waals surface area (Å²) in [5, 5.41) is 18.8. The van der Waals surface area contributed by atoms with E-state index in [9.17, 15) is 0 Å². The molecule has 0 bridgehead atoms. The molecule has 8 aromatic rings. The molecular formula is C45H41N10+. The fourth-order valence-corrected chi connectivity index (χ4v) is 8.08. The van der Waals surface area contributed by atoms with Crippen LogP contribution in [-0.2, 0) is 13.1 Å². The van der Waals surface area contributed by atoms with Crippen LogP contribution in [0.4, 0.5) is 17.1 Å². The summed E-state index contributed by atoms with van der Waals surface area (Å²) < 4.78 is 6.00. The van der Waals surface area contributed by atoms with Crippen LogP contribution in [0.3, 0.4) is 0 Å². The second-order valence-corrected chi connectivity index (χ2v) is 14.2. The first kappa shape index (κ1) is 32.7. The predicted octanol–water partition coefficient (Wildman–Crippen LogP) is 8.09. The van der Waals surface area contributed by atoms with E-state index in [4.69, 9.17) is 5.10 Å². The Kier molecular flexibility index (Phi) is 8.40. The molecule has 5 aromatic carbocycles. The van der Waals surface area contributed by atoms with E-state index in [2.05, 4.69) is 175 Å². The number of aromatic amines is 1. The van der Waals surface area contributed by atoms with E-state index >= 15 is 0 Å². The van der Waals surface area contributed by atoms with Gasteiger partial charge >= 0.3 is 0 Å². The molecule has 0 fully saturated rings. The molecule has 2 aliphatic rings. The van der Waals surface area contributed by atoms with Crippen LogP contribution in [0.2, 0.25) is 0 Å². The summed E-state index contributed by atoms with van der Waals surface area (Å²) in [5.74, 6) is 0.302. The molecule has 2 unspecified atom stereocenters. The summed E-state index contributed by atoms with van der Waals surface area (Å²) in [6, 6.07) is 41.3. The summed E-state index contributed by atoms with van der Waals surface area (Å²) in [7, 11) is 0. The maximum absolute atomic E-state index is 4.80. The molecule has 4 heterocycles. The van der Waals surface area contributed by atoms with Crippen LogP contribution in [0.5, 0.6) is 0 Å². The molecule has 55 heavy (non-hydrogen) atoms. The summed E-state index contributed by atoms with van der Waals surface area (Å²) >= 11 is 0. The highest BCUT2D eigenvalue weighted by molar-refractivity contribution is 6.13. The highest BCUT2D eigenvalue weighted by Gasteiger charge is 2.32. The quantitative estimate of drug-likeness (QED) is 0.0873. The Morgan fingerprint density at radius 3 is 2.55 bits per heavy atom. The lowest BCUT2D eigenvalue weighted by atomic mass is 9.90.